The van der Waals surface area contributed by atoms with Gasteiger partial charge in [0.1, 0.15) is 17.3 Å². The number of ether oxygens (including phenoxy) is 3. The number of hydrogen-bond donors (Lipinski definition) is 2. The Labute approximate surface area is 166 Å². The van der Waals surface area contributed by atoms with Gasteiger partial charge in [0.05, 0.1) is 13.7 Å². The lowest BCUT2D eigenvalue weighted by Gasteiger charge is -2.16. The van der Waals surface area contributed by atoms with Crippen molar-refractivity contribution in [3.8, 4) is 17.2 Å². The third-order valence-electron chi connectivity index (χ3n) is 4.08. The fourth-order valence-electron chi connectivity index (χ4n) is 2.81. The summed E-state index contributed by atoms with van der Waals surface area (Å²) in [4.78, 5) is -0.00411. The fraction of sp³-hybridized carbons (Fsp3) is 0.400. The van der Waals surface area contributed by atoms with Gasteiger partial charge in [-0.2, -0.15) is 0 Å². The fourth-order valence-corrected chi connectivity index (χ4v) is 3.55. The maximum atomic E-state index is 11.7. The van der Waals surface area contributed by atoms with Crippen LogP contribution in [0.15, 0.2) is 47.4 Å². The Kier molecular flexibility index (Phi) is 8.10. The molecule has 3 N–H and O–H groups in total. The molecule has 0 spiro atoms. The molecule has 0 bridgehead atoms. The minimum atomic E-state index is -3.84. The number of sulfonamides is 1. The number of nitrogens with one attached hydrogen (secondary N) is 1. The van der Waals surface area contributed by atoms with E-state index in [0.29, 0.717) is 31.9 Å². The number of rotatable bonds is 11. The first kappa shape index (κ1) is 22.0. The molecule has 0 saturated heterocycles. The van der Waals surface area contributed by atoms with E-state index in [0.717, 1.165) is 11.3 Å². The molecule has 28 heavy (non-hydrogen) atoms. The summed E-state index contributed by atoms with van der Waals surface area (Å²) in [5.41, 5.74) is 0.854. The van der Waals surface area contributed by atoms with E-state index in [1.165, 1.54) is 7.11 Å². The normalized spacial score (nSPS) is 12.4. The Bertz CT molecular complexity index is 871. The van der Waals surface area contributed by atoms with Crippen LogP contribution in [-0.4, -0.2) is 41.3 Å². The van der Waals surface area contributed by atoms with Gasteiger partial charge in [-0.1, -0.05) is 18.2 Å². The molecular weight excluding hydrogens is 380 g/mol. The van der Waals surface area contributed by atoms with Crippen molar-refractivity contribution >= 4 is 10.0 Å². The van der Waals surface area contributed by atoms with Crippen molar-refractivity contribution in [2.75, 3.05) is 26.9 Å². The first-order chi connectivity index (χ1) is 13.3. The second kappa shape index (κ2) is 10.3. The summed E-state index contributed by atoms with van der Waals surface area (Å²) in [7, 11) is -2.43. The van der Waals surface area contributed by atoms with Crippen molar-refractivity contribution < 1.29 is 22.6 Å². The van der Waals surface area contributed by atoms with Crippen LogP contribution >= 0.6 is 0 Å². The van der Waals surface area contributed by atoms with Crippen molar-refractivity contribution in [2.24, 2.45) is 5.14 Å². The molecule has 2 aromatic rings. The van der Waals surface area contributed by atoms with Gasteiger partial charge in [0, 0.05) is 12.6 Å². The van der Waals surface area contributed by atoms with Gasteiger partial charge in [-0.15, -0.1) is 0 Å². The standard InChI is InChI=1S/C20H28N2O5S/c1-4-26-17-7-5-6-8-18(17)27-12-11-22-15(2)13-16-9-10-19(25-3)20(14-16)28(21,23)24/h5-10,14-15,22H,4,11-13H2,1-3H3,(H2,21,23,24)/t15-/m0/s1. The van der Waals surface area contributed by atoms with E-state index in [1.807, 2.05) is 44.2 Å². The van der Waals surface area contributed by atoms with E-state index in [1.54, 1.807) is 12.1 Å². The zero-order chi connectivity index (χ0) is 20.6. The molecule has 0 radical (unpaired) electrons. The van der Waals surface area contributed by atoms with Crippen molar-refractivity contribution in [2.45, 2.75) is 31.2 Å². The van der Waals surface area contributed by atoms with Gasteiger partial charge in [0.25, 0.3) is 0 Å². The monoisotopic (exact) mass is 408 g/mol. The first-order valence-corrected chi connectivity index (χ1v) is 10.7. The van der Waals surface area contributed by atoms with Gasteiger partial charge in [0.2, 0.25) is 10.0 Å². The quantitative estimate of drug-likeness (QED) is 0.554. The number of methoxy groups -OCH3 is 1. The summed E-state index contributed by atoms with van der Waals surface area (Å²) >= 11 is 0. The third kappa shape index (κ3) is 6.40. The van der Waals surface area contributed by atoms with Crippen LogP contribution in [0.5, 0.6) is 17.2 Å². The largest absolute Gasteiger partial charge is 0.495 e. The molecule has 2 rings (SSSR count). The highest BCUT2D eigenvalue weighted by Gasteiger charge is 2.16. The summed E-state index contributed by atoms with van der Waals surface area (Å²) in [5.74, 6) is 1.69. The van der Waals surface area contributed by atoms with Crippen LogP contribution in [0.3, 0.4) is 0 Å². The van der Waals surface area contributed by atoms with Crippen LogP contribution in [0.2, 0.25) is 0 Å². The second-order valence-electron chi connectivity index (χ2n) is 6.32. The number of primary sulfonamides is 1. The predicted octanol–water partition coefficient (Wildman–Crippen LogP) is 2.34. The van der Waals surface area contributed by atoms with Crippen LogP contribution < -0.4 is 24.7 Å². The lowest BCUT2D eigenvalue weighted by atomic mass is 10.1. The Balaban J connectivity index is 1.87. The predicted molar refractivity (Wildman–Crippen MR) is 109 cm³/mol. The maximum Gasteiger partial charge on any atom is 0.241 e. The molecule has 0 aliphatic rings. The number of benzene rings is 2. The lowest BCUT2D eigenvalue weighted by molar-refractivity contribution is 0.272. The van der Waals surface area contributed by atoms with Crippen LogP contribution in [0, 0.1) is 0 Å². The highest BCUT2D eigenvalue weighted by atomic mass is 32.2. The average Bonchev–Trinajstić information content (AvgIpc) is 2.66. The SMILES string of the molecule is CCOc1ccccc1OCCN[C@@H](C)Cc1ccc(OC)c(S(N)(=O)=O)c1. The van der Waals surface area contributed by atoms with Crippen LogP contribution in [0.1, 0.15) is 19.4 Å². The number of para-hydroxylation sites is 2. The zero-order valence-corrected chi connectivity index (χ0v) is 17.3. The molecule has 154 valence electrons. The highest BCUT2D eigenvalue weighted by Crippen LogP contribution is 2.26. The minimum Gasteiger partial charge on any atom is -0.495 e. The molecule has 0 heterocycles. The second-order valence-corrected chi connectivity index (χ2v) is 7.85. The summed E-state index contributed by atoms with van der Waals surface area (Å²) in [6.07, 6.45) is 0.641. The van der Waals surface area contributed by atoms with Gasteiger partial charge in [-0.05, 0) is 50.1 Å². The Morgan fingerprint density at radius 2 is 1.75 bits per heavy atom. The summed E-state index contributed by atoms with van der Waals surface area (Å²) in [6, 6.07) is 12.7. The number of hydrogen-bond acceptors (Lipinski definition) is 6. The van der Waals surface area contributed by atoms with Crippen LogP contribution in [0.4, 0.5) is 0 Å². The average molecular weight is 409 g/mol. The summed E-state index contributed by atoms with van der Waals surface area (Å²) in [5, 5.41) is 8.63. The summed E-state index contributed by atoms with van der Waals surface area (Å²) < 4.78 is 39.9. The van der Waals surface area contributed by atoms with E-state index < -0.39 is 10.0 Å². The topological polar surface area (TPSA) is 99.9 Å². The van der Waals surface area contributed by atoms with Crippen molar-refractivity contribution in [3.63, 3.8) is 0 Å². The van der Waals surface area contributed by atoms with Gasteiger partial charge in [-0.25, -0.2) is 13.6 Å². The van der Waals surface area contributed by atoms with E-state index in [2.05, 4.69) is 5.32 Å². The molecule has 0 aliphatic carbocycles. The smallest absolute Gasteiger partial charge is 0.241 e. The van der Waals surface area contributed by atoms with Crippen LogP contribution in [0.25, 0.3) is 0 Å². The molecule has 1 atom stereocenters. The molecule has 2 aromatic carbocycles. The molecule has 7 nitrogen and oxygen atoms in total. The highest BCUT2D eigenvalue weighted by molar-refractivity contribution is 7.89. The molecule has 0 saturated carbocycles. The van der Waals surface area contributed by atoms with Gasteiger partial charge < -0.3 is 19.5 Å². The molecule has 0 aliphatic heterocycles. The lowest BCUT2D eigenvalue weighted by Crippen LogP contribution is -2.32. The van der Waals surface area contributed by atoms with E-state index in [-0.39, 0.29) is 16.7 Å². The van der Waals surface area contributed by atoms with E-state index in [9.17, 15) is 8.42 Å². The van der Waals surface area contributed by atoms with Crippen molar-refractivity contribution in [1.82, 2.24) is 5.32 Å². The molecule has 8 heteroatoms. The van der Waals surface area contributed by atoms with Gasteiger partial charge in [-0.3, -0.25) is 0 Å². The third-order valence-corrected chi connectivity index (χ3v) is 5.01. The van der Waals surface area contributed by atoms with Crippen molar-refractivity contribution in [3.05, 3.63) is 48.0 Å². The van der Waals surface area contributed by atoms with Crippen molar-refractivity contribution in [1.29, 1.82) is 0 Å². The van der Waals surface area contributed by atoms with Crippen LogP contribution in [-0.2, 0) is 16.4 Å². The molecular formula is C20H28N2O5S. The van der Waals surface area contributed by atoms with Gasteiger partial charge in [0.15, 0.2) is 11.5 Å². The zero-order valence-electron chi connectivity index (χ0n) is 16.5. The molecule has 0 fully saturated rings. The molecule has 0 amide bonds. The molecule has 0 aromatic heterocycles. The number of nitrogens with two attached hydrogens (primary N) is 1. The minimum absolute atomic E-state index is 0.00411. The Morgan fingerprint density at radius 1 is 1.07 bits per heavy atom. The summed E-state index contributed by atoms with van der Waals surface area (Å²) in [6.45, 7) is 5.66. The van der Waals surface area contributed by atoms with E-state index >= 15 is 0 Å². The first-order valence-electron chi connectivity index (χ1n) is 9.13. The maximum absolute atomic E-state index is 11.7. The van der Waals surface area contributed by atoms with Gasteiger partial charge >= 0.3 is 0 Å². The molecule has 0 unspecified atom stereocenters. The van der Waals surface area contributed by atoms with E-state index in [4.69, 9.17) is 19.3 Å². The Hall–Kier alpha value is -2.29. The Morgan fingerprint density at radius 3 is 2.36 bits per heavy atom.